The summed E-state index contributed by atoms with van der Waals surface area (Å²) in [5.41, 5.74) is 4.76. The van der Waals surface area contributed by atoms with Crippen LogP contribution in [0.4, 0.5) is 5.69 Å². The summed E-state index contributed by atoms with van der Waals surface area (Å²) in [6.45, 7) is 9.31. The molecule has 2 saturated heterocycles. The van der Waals surface area contributed by atoms with Gasteiger partial charge in [0, 0.05) is 50.5 Å². The van der Waals surface area contributed by atoms with E-state index in [2.05, 4.69) is 64.1 Å². The van der Waals surface area contributed by atoms with Gasteiger partial charge in [0.25, 0.3) is 5.91 Å². The Bertz CT molecular complexity index is 860. The van der Waals surface area contributed by atoms with Gasteiger partial charge in [-0.1, -0.05) is 49.2 Å². The van der Waals surface area contributed by atoms with E-state index in [1.807, 2.05) is 6.07 Å². The monoisotopic (exact) mass is 433 g/mol. The summed E-state index contributed by atoms with van der Waals surface area (Å²) in [4.78, 5) is 20.6. The van der Waals surface area contributed by atoms with E-state index in [9.17, 15) is 4.79 Å². The average Bonchev–Trinajstić information content (AvgIpc) is 3.33. The fraction of sp³-hybridized carbons (Fsp3) is 0.536. The molecule has 32 heavy (non-hydrogen) atoms. The van der Waals surface area contributed by atoms with Crippen LogP contribution in [-0.4, -0.2) is 55.0 Å². The minimum atomic E-state index is 0.208. The molecular formula is C28H39N3O. The molecule has 4 rings (SSSR count). The van der Waals surface area contributed by atoms with Crippen molar-refractivity contribution in [2.75, 3.05) is 44.2 Å². The van der Waals surface area contributed by atoms with Crippen LogP contribution in [0, 0.1) is 6.92 Å². The highest BCUT2D eigenvalue weighted by Gasteiger charge is 2.20. The number of benzene rings is 2. The molecule has 2 heterocycles. The third-order valence-corrected chi connectivity index (χ3v) is 6.99. The maximum Gasteiger partial charge on any atom is 0.253 e. The highest BCUT2D eigenvalue weighted by atomic mass is 16.2. The number of hydrogen-bond acceptors (Lipinski definition) is 3. The van der Waals surface area contributed by atoms with Crippen LogP contribution in [0.2, 0.25) is 0 Å². The Labute approximate surface area is 194 Å². The summed E-state index contributed by atoms with van der Waals surface area (Å²) < 4.78 is 0. The van der Waals surface area contributed by atoms with Crippen molar-refractivity contribution < 1.29 is 4.79 Å². The van der Waals surface area contributed by atoms with Gasteiger partial charge in [-0.15, -0.1) is 0 Å². The largest absolute Gasteiger partial charge is 0.371 e. The molecule has 172 valence electrons. The van der Waals surface area contributed by atoms with Gasteiger partial charge in [-0.25, -0.2) is 0 Å². The van der Waals surface area contributed by atoms with Gasteiger partial charge in [0.15, 0.2) is 0 Å². The molecule has 0 bridgehead atoms. The summed E-state index contributed by atoms with van der Waals surface area (Å²) >= 11 is 0. The van der Waals surface area contributed by atoms with Gasteiger partial charge in [0.1, 0.15) is 0 Å². The van der Waals surface area contributed by atoms with Crippen LogP contribution in [0.5, 0.6) is 0 Å². The molecule has 0 saturated carbocycles. The smallest absolute Gasteiger partial charge is 0.253 e. The molecule has 0 aliphatic carbocycles. The van der Waals surface area contributed by atoms with Gasteiger partial charge in [-0.2, -0.15) is 0 Å². The van der Waals surface area contributed by atoms with E-state index >= 15 is 0 Å². The Morgan fingerprint density at radius 2 is 1.41 bits per heavy atom. The van der Waals surface area contributed by atoms with Crippen molar-refractivity contribution in [3.05, 3.63) is 65.2 Å². The third-order valence-electron chi connectivity index (χ3n) is 6.99. The molecule has 2 aliphatic heterocycles. The Morgan fingerprint density at radius 1 is 0.750 bits per heavy atom. The predicted molar refractivity (Wildman–Crippen MR) is 133 cm³/mol. The van der Waals surface area contributed by atoms with Gasteiger partial charge >= 0.3 is 0 Å². The molecule has 0 spiro atoms. The molecule has 4 nitrogen and oxygen atoms in total. The summed E-state index contributed by atoms with van der Waals surface area (Å²) in [5, 5.41) is 0. The lowest BCUT2D eigenvalue weighted by Crippen LogP contribution is -2.35. The van der Waals surface area contributed by atoms with E-state index in [4.69, 9.17) is 0 Å². The first-order valence-corrected chi connectivity index (χ1v) is 12.6. The first-order valence-electron chi connectivity index (χ1n) is 12.6. The summed E-state index contributed by atoms with van der Waals surface area (Å²) in [6.07, 6.45) is 8.34. The maximum absolute atomic E-state index is 13.5. The second-order valence-electron chi connectivity index (χ2n) is 9.52. The Kier molecular flexibility index (Phi) is 8.22. The predicted octanol–water partition coefficient (Wildman–Crippen LogP) is 5.50. The average molecular weight is 434 g/mol. The number of carbonyl (C=O) groups excluding carboxylic acids is 1. The number of carbonyl (C=O) groups is 1. The second kappa shape index (κ2) is 11.5. The van der Waals surface area contributed by atoms with Crippen molar-refractivity contribution in [1.82, 2.24) is 9.80 Å². The van der Waals surface area contributed by atoms with E-state index in [0.717, 1.165) is 64.2 Å². The lowest BCUT2D eigenvalue weighted by atomic mass is 10.1. The van der Waals surface area contributed by atoms with Crippen molar-refractivity contribution >= 4 is 11.6 Å². The van der Waals surface area contributed by atoms with Crippen molar-refractivity contribution in [2.45, 2.75) is 58.4 Å². The van der Waals surface area contributed by atoms with E-state index in [0.29, 0.717) is 0 Å². The number of anilines is 1. The van der Waals surface area contributed by atoms with E-state index in [1.54, 1.807) is 0 Å². The zero-order chi connectivity index (χ0) is 22.2. The SMILES string of the molecule is Cc1ccc(C(=O)N2CCCCCCN(Cc3ccccc3)CCC2)cc1N1CCCC1. The molecule has 0 N–H and O–H groups in total. The van der Waals surface area contributed by atoms with Crippen LogP contribution < -0.4 is 4.90 Å². The summed E-state index contributed by atoms with van der Waals surface area (Å²) in [5.74, 6) is 0.208. The van der Waals surface area contributed by atoms with Crippen LogP contribution in [0.1, 0.15) is 66.4 Å². The van der Waals surface area contributed by atoms with E-state index in [-0.39, 0.29) is 5.91 Å². The molecule has 0 unspecified atom stereocenters. The van der Waals surface area contributed by atoms with Crippen molar-refractivity contribution in [2.24, 2.45) is 0 Å². The molecule has 4 heteroatoms. The van der Waals surface area contributed by atoms with Crippen molar-refractivity contribution in [3.63, 3.8) is 0 Å². The van der Waals surface area contributed by atoms with E-state index in [1.165, 1.54) is 48.9 Å². The molecule has 2 aromatic rings. The quantitative estimate of drug-likeness (QED) is 0.637. The topological polar surface area (TPSA) is 26.8 Å². The maximum atomic E-state index is 13.5. The standard InChI is InChI=1S/C28H39N3O/c1-24-14-15-26(22-27(24)30-18-9-10-19-30)28(32)31-20-8-3-2-7-16-29(17-11-21-31)23-25-12-5-4-6-13-25/h4-6,12-15,22H,2-3,7-11,16-21,23H2,1H3. The Hall–Kier alpha value is -2.33. The first-order chi connectivity index (χ1) is 15.7. The lowest BCUT2D eigenvalue weighted by Gasteiger charge is -2.26. The number of aryl methyl sites for hydroxylation is 1. The minimum Gasteiger partial charge on any atom is -0.371 e. The molecule has 0 radical (unpaired) electrons. The highest BCUT2D eigenvalue weighted by molar-refractivity contribution is 5.95. The molecule has 2 fully saturated rings. The van der Waals surface area contributed by atoms with Crippen LogP contribution in [0.3, 0.4) is 0 Å². The van der Waals surface area contributed by atoms with Crippen LogP contribution in [-0.2, 0) is 6.54 Å². The van der Waals surface area contributed by atoms with Crippen molar-refractivity contribution in [3.8, 4) is 0 Å². The molecule has 0 aromatic heterocycles. The van der Waals surface area contributed by atoms with Crippen LogP contribution >= 0.6 is 0 Å². The zero-order valence-corrected chi connectivity index (χ0v) is 19.8. The van der Waals surface area contributed by atoms with Gasteiger partial charge in [0.05, 0.1) is 0 Å². The summed E-state index contributed by atoms with van der Waals surface area (Å²) in [6, 6.07) is 17.1. The molecular weight excluding hydrogens is 394 g/mol. The second-order valence-corrected chi connectivity index (χ2v) is 9.52. The van der Waals surface area contributed by atoms with Crippen LogP contribution in [0.25, 0.3) is 0 Å². The molecule has 2 aliphatic rings. The van der Waals surface area contributed by atoms with Crippen LogP contribution in [0.15, 0.2) is 48.5 Å². The highest BCUT2D eigenvalue weighted by Crippen LogP contribution is 2.26. The fourth-order valence-corrected chi connectivity index (χ4v) is 5.13. The Morgan fingerprint density at radius 3 is 2.19 bits per heavy atom. The molecule has 1 amide bonds. The van der Waals surface area contributed by atoms with Crippen molar-refractivity contribution in [1.29, 1.82) is 0 Å². The normalized spacial score (nSPS) is 19.0. The van der Waals surface area contributed by atoms with Gasteiger partial charge < -0.3 is 9.80 Å². The first kappa shape index (κ1) is 22.8. The third kappa shape index (κ3) is 6.13. The number of nitrogens with zero attached hydrogens (tertiary/aromatic N) is 3. The zero-order valence-electron chi connectivity index (χ0n) is 19.8. The number of hydrogen-bond donors (Lipinski definition) is 0. The number of amides is 1. The van der Waals surface area contributed by atoms with Gasteiger partial charge in [0.2, 0.25) is 0 Å². The van der Waals surface area contributed by atoms with Gasteiger partial charge in [-0.05, 0) is 68.8 Å². The van der Waals surface area contributed by atoms with Gasteiger partial charge in [-0.3, -0.25) is 9.69 Å². The molecule has 0 atom stereocenters. The van der Waals surface area contributed by atoms with E-state index < -0.39 is 0 Å². The lowest BCUT2D eigenvalue weighted by molar-refractivity contribution is 0.0746. The molecule has 2 aromatic carbocycles. The fourth-order valence-electron chi connectivity index (χ4n) is 5.13. The summed E-state index contributed by atoms with van der Waals surface area (Å²) in [7, 11) is 0. The minimum absolute atomic E-state index is 0.208. The Balaban J connectivity index is 1.42. The number of rotatable bonds is 4.